The van der Waals surface area contributed by atoms with Crippen molar-refractivity contribution in [3.8, 4) is 0 Å². The van der Waals surface area contributed by atoms with Gasteiger partial charge in [0.25, 0.3) is 0 Å². The Labute approximate surface area is 113 Å². The topological polar surface area (TPSA) is 66.5 Å². The summed E-state index contributed by atoms with van der Waals surface area (Å²) in [7, 11) is 0. The van der Waals surface area contributed by atoms with Gasteiger partial charge < -0.3 is 0 Å². The van der Waals surface area contributed by atoms with Crippen molar-refractivity contribution >= 4 is 17.8 Å². The normalized spacial score (nSPS) is 23.7. The maximum Gasteiger partial charge on any atom is 0.330 e. The molecule has 0 bridgehead atoms. The van der Waals surface area contributed by atoms with Gasteiger partial charge in [0, 0.05) is 6.54 Å². The summed E-state index contributed by atoms with van der Waals surface area (Å²) in [5.41, 5.74) is -0.987. The Hall–Kier alpha value is -1.39. The van der Waals surface area contributed by atoms with Gasteiger partial charge in [-0.05, 0) is 18.8 Å². The zero-order valence-corrected chi connectivity index (χ0v) is 11.7. The minimum absolute atomic E-state index is 0.200. The minimum atomic E-state index is -0.987. The summed E-state index contributed by atoms with van der Waals surface area (Å²) >= 11 is 0. The van der Waals surface area contributed by atoms with Crippen LogP contribution >= 0.6 is 0 Å². The number of hydrogen-bond acceptors (Lipinski definition) is 3. The van der Waals surface area contributed by atoms with E-state index in [2.05, 4.69) is 5.32 Å². The lowest BCUT2D eigenvalue weighted by Crippen LogP contribution is -2.64. The summed E-state index contributed by atoms with van der Waals surface area (Å²) in [5, 5.41) is 2.38. The van der Waals surface area contributed by atoms with Crippen LogP contribution in [0.1, 0.15) is 52.4 Å². The molecule has 0 aromatic rings. The van der Waals surface area contributed by atoms with E-state index >= 15 is 0 Å². The standard InChI is InChI=1S/C14H22N2O3/c1-10(2)9-16-12(18)14(11(17)15-13(16)19)7-5-3-4-6-8-14/h10H,3-9H2,1-2H3,(H,15,17,19). The van der Waals surface area contributed by atoms with Crippen LogP contribution in [0, 0.1) is 11.3 Å². The second-order valence-electron chi connectivity index (χ2n) is 6.07. The first-order valence-corrected chi connectivity index (χ1v) is 7.15. The quantitative estimate of drug-likeness (QED) is 0.778. The number of carbonyl (C=O) groups excluding carboxylic acids is 3. The summed E-state index contributed by atoms with van der Waals surface area (Å²) in [6, 6.07) is -0.557. The molecule has 19 heavy (non-hydrogen) atoms. The molecule has 1 aliphatic heterocycles. The highest BCUT2D eigenvalue weighted by Gasteiger charge is 2.53. The number of nitrogens with one attached hydrogen (secondary N) is 1. The third-order valence-electron chi connectivity index (χ3n) is 4.06. The molecule has 5 nitrogen and oxygen atoms in total. The number of amides is 4. The highest BCUT2D eigenvalue weighted by atomic mass is 16.2. The number of rotatable bonds is 2. The molecule has 1 spiro atoms. The van der Waals surface area contributed by atoms with Crippen molar-refractivity contribution in [2.75, 3.05) is 6.54 Å². The Bertz CT molecular complexity index is 395. The molecule has 1 N–H and O–H groups in total. The van der Waals surface area contributed by atoms with Gasteiger partial charge in [-0.1, -0.05) is 39.5 Å². The third kappa shape index (κ3) is 2.51. The van der Waals surface area contributed by atoms with Gasteiger partial charge in [0.05, 0.1) is 0 Å². The number of carbonyl (C=O) groups is 3. The van der Waals surface area contributed by atoms with E-state index in [-0.39, 0.29) is 17.7 Å². The van der Waals surface area contributed by atoms with E-state index in [0.29, 0.717) is 19.4 Å². The molecule has 0 aromatic carbocycles. The van der Waals surface area contributed by atoms with Crippen molar-refractivity contribution in [2.45, 2.75) is 52.4 Å². The molecule has 2 aliphatic rings. The number of urea groups is 1. The summed E-state index contributed by atoms with van der Waals surface area (Å²) in [6.07, 6.45) is 5.01. The first-order chi connectivity index (χ1) is 8.97. The van der Waals surface area contributed by atoms with E-state index < -0.39 is 11.4 Å². The molecule has 0 aromatic heterocycles. The van der Waals surface area contributed by atoms with E-state index in [0.717, 1.165) is 25.7 Å². The van der Waals surface area contributed by atoms with Gasteiger partial charge in [-0.3, -0.25) is 19.8 Å². The van der Waals surface area contributed by atoms with Crippen LogP contribution in [-0.4, -0.2) is 29.3 Å². The van der Waals surface area contributed by atoms with Crippen molar-refractivity contribution in [3.05, 3.63) is 0 Å². The lowest BCUT2D eigenvalue weighted by atomic mass is 9.76. The Morgan fingerprint density at radius 2 is 1.68 bits per heavy atom. The molecule has 5 heteroatoms. The van der Waals surface area contributed by atoms with Gasteiger partial charge in [-0.15, -0.1) is 0 Å². The van der Waals surface area contributed by atoms with Crippen molar-refractivity contribution < 1.29 is 14.4 Å². The molecular formula is C14H22N2O3. The van der Waals surface area contributed by atoms with E-state index in [1.165, 1.54) is 4.90 Å². The molecule has 1 saturated carbocycles. The predicted molar refractivity (Wildman–Crippen MR) is 70.2 cm³/mol. The smallest absolute Gasteiger partial charge is 0.277 e. The van der Waals surface area contributed by atoms with Crippen molar-refractivity contribution in [1.29, 1.82) is 0 Å². The van der Waals surface area contributed by atoms with Gasteiger partial charge in [0.15, 0.2) is 0 Å². The molecule has 2 rings (SSSR count). The largest absolute Gasteiger partial charge is 0.330 e. The predicted octanol–water partition coefficient (Wildman–Crippen LogP) is 2.06. The molecule has 0 atom stereocenters. The van der Waals surface area contributed by atoms with Crippen LogP contribution in [0.5, 0.6) is 0 Å². The second kappa shape index (κ2) is 5.31. The fourth-order valence-corrected chi connectivity index (χ4v) is 3.04. The summed E-state index contributed by atoms with van der Waals surface area (Å²) in [4.78, 5) is 37.9. The SMILES string of the molecule is CC(C)CN1C(=O)NC(=O)C2(CCCCCC2)C1=O. The summed E-state index contributed by atoms with van der Waals surface area (Å²) < 4.78 is 0. The molecule has 1 saturated heterocycles. The van der Waals surface area contributed by atoms with Gasteiger partial charge in [0.2, 0.25) is 11.8 Å². The molecular weight excluding hydrogens is 244 g/mol. The second-order valence-corrected chi connectivity index (χ2v) is 6.07. The minimum Gasteiger partial charge on any atom is -0.277 e. The molecule has 0 unspecified atom stereocenters. The van der Waals surface area contributed by atoms with Crippen LogP contribution < -0.4 is 5.32 Å². The van der Waals surface area contributed by atoms with Gasteiger partial charge in [0.1, 0.15) is 5.41 Å². The first kappa shape index (κ1) is 14.0. The molecule has 1 heterocycles. The van der Waals surface area contributed by atoms with Crippen LogP contribution in [0.4, 0.5) is 4.79 Å². The van der Waals surface area contributed by atoms with Crippen LogP contribution in [0.15, 0.2) is 0 Å². The van der Waals surface area contributed by atoms with E-state index in [4.69, 9.17) is 0 Å². The van der Waals surface area contributed by atoms with E-state index in [9.17, 15) is 14.4 Å². The average molecular weight is 266 g/mol. The third-order valence-corrected chi connectivity index (χ3v) is 4.06. The zero-order chi connectivity index (χ0) is 14.0. The van der Waals surface area contributed by atoms with E-state index in [1.807, 2.05) is 13.8 Å². The van der Waals surface area contributed by atoms with Crippen LogP contribution in [0.25, 0.3) is 0 Å². The molecule has 4 amide bonds. The number of imide groups is 2. The first-order valence-electron chi connectivity index (χ1n) is 7.15. The Morgan fingerprint density at radius 3 is 2.21 bits per heavy atom. The summed E-state index contributed by atoms with van der Waals surface area (Å²) in [5.74, 6) is -0.466. The Kier molecular flexibility index (Phi) is 3.92. The van der Waals surface area contributed by atoms with Gasteiger partial charge in [-0.25, -0.2) is 4.79 Å². The number of nitrogens with zero attached hydrogens (tertiary/aromatic N) is 1. The highest BCUT2D eigenvalue weighted by Crippen LogP contribution is 2.39. The molecule has 106 valence electrons. The van der Waals surface area contributed by atoms with Crippen LogP contribution in [0.2, 0.25) is 0 Å². The monoisotopic (exact) mass is 266 g/mol. The fourth-order valence-electron chi connectivity index (χ4n) is 3.04. The lowest BCUT2D eigenvalue weighted by molar-refractivity contribution is -0.152. The van der Waals surface area contributed by atoms with E-state index in [1.54, 1.807) is 0 Å². The molecule has 1 aliphatic carbocycles. The summed E-state index contributed by atoms with van der Waals surface area (Å²) in [6.45, 7) is 4.28. The highest BCUT2D eigenvalue weighted by molar-refractivity contribution is 6.19. The Morgan fingerprint density at radius 1 is 1.11 bits per heavy atom. The van der Waals surface area contributed by atoms with Crippen LogP contribution in [-0.2, 0) is 9.59 Å². The molecule has 0 radical (unpaired) electrons. The van der Waals surface area contributed by atoms with Crippen LogP contribution in [0.3, 0.4) is 0 Å². The maximum atomic E-state index is 12.7. The van der Waals surface area contributed by atoms with Crippen molar-refractivity contribution in [1.82, 2.24) is 10.2 Å². The van der Waals surface area contributed by atoms with Crippen molar-refractivity contribution in [2.24, 2.45) is 11.3 Å². The zero-order valence-electron chi connectivity index (χ0n) is 11.7. The molecule has 2 fully saturated rings. The van der Waals surface area contributed by atoms with Crippen molar-refractivity contribution in [3.63, 3.8) is 0 Å². The number of hydrogen-bond donors (Lipinski definition) is 1. The number of barbiturate groups is 1. The maximum absolute atomic E-state index is 12.7. The fraction of sp³-hybridized carbons (Fsp3) is 0.786. The lowest BCUT2D eigenvalue weighted by Gasteiger charge is -2.39. The van der Waals surface area contributed by atoms with Gasteiger partial charge in [-0.2, -0.15) is 0 Å². The average Bonchev–Trinajstić information content (AvgIpc) is 2.59. The van der Waals surface area contributed by atoms with Gasteiger partial charge >= 0.3 is 6.03 Å². The Balaban J connectivity index is 2.28.